The van der Waals surface area contributed by atoms with Crippen LogP contribution in [0.25, 0.3) is 0 Å². The lowest BCUT2D eigenvalue weighted by Crippen LogP contribution is -2.69. The van der Waals surface area contributed by atoms with Gasteiger partial charge in [-0.15, -0.1) is 0 Å². The minimum Gasteiger partial charge on any atom is -0.394 e. The van der Waals surface area contributed by atoms with Crippen molar-refractivity contribution in [2.24, 2.45) is 34.4 Å². The van der Waals surface area contributed by atoms with Crippen LogP contribution < -0.4 is 45.0 Å². The molecule has 0 radical (unpaired) electrons. The summed E-state index contributed by atoms with van der Waals surface area (Å²) in [6.07, 6.45) is -25.1. The molecule has 4 aliphatic rings. The Morgan fingerprint density at radius 3 is 1.85 bits per heavy atom. The summed E-state index contributed by atoms with van der Waals surface area (Å²) in [6, 6.07) is -5.06. The first kappa shape index (κ1) is 45.3. The zero-order valence-electron chi connectivity index (χ0n) is 29.6. The molecule has 0 bridgehead atoms. The van der Waals surface area contributed by atoms with Crippen molar-refractivity contribution in [1.82, 2.24) is 10.6 Å². The zero-order chi connectivity index (χ0) is 40.0. The van der Waals surface area contributed by atoms with E-state index in [1.165, 1.54) is 0 Å². The van der Waals surface area contributed by atoms with Gasteiger partial charge in [0.2, 0.25) is 0 Å². The summed E-state index contributed by atoms with van der Waals surface area (Å²) >= 11 is 0. The Kier molecular flexibility index (Phi) is 17.1. The first-order chi connectivity index (χ1) is 25.6. The molecule has 0 aromatic rings. The Labute approximate surface area is 310 Å². The van der Waals surface area contributed by atoms with E-state index in [1.807, 2.05) is 0 Å². The highest BCUT2D eigenvalue weighted by atomic mass is 16.8. The maximum Gasteiger partial charge on any atom is 0.251 e. The third-order valence-electron chi connectivity index (χ3n) is 10.2. The average Bonchev–Trinajstić information content (AvgIpc) is 3.46. The third-order valence-corrected chi connectivity index (χ3v) is 10.2. The van der Waals surface area contributed by atoms with Gasteiger partial charge in [-0.2, -0.15) is 0 Å². The number of carbonyl (C=O) groups is 1. The van der Waals surface area contributed by atoms with E-state index in [0.29, 0.717) is 19.5 Å². The first-order valence-corrected chi connectivity index (χ1v) is 18.0. The summed E-state index contributed by atoms with van der Waals surface area (Å²) in [4.78, 5) is 12.8. The normalized spacial score (nSPS) is 45.6. The van der Waals surface area contributed by atoms with E-state index < -0.39 is 148 Å². The van der Waals surface area contributed by atoms with Crippen molar-refractivity contribution in [2.45, 2.75) is 141 Å². The standard InChI is InChI=1S/C30H60N8O16/c31-2-1-3-37-7-13-20(44)22(46)16(36)29(50-13)52-24-9(34)4-10(38-27(48)18(42)11(40)5-32)17(41)26(24)54-30-23(47)25(14(8-39)51-30)53-28-15(35)21(45)19(43)12(6-33)49-28/h9-26,28-30,37,39-47H,1-8,31-36H2,(H,38,48)/t9-,10+,11-,12-,13+,14+,15+,16+,17-,18-,19+,20+,21+,22+,23+,24+,25+,26+,28+,29+,30-/m0/s1. The molecule has 4 fully saturated rings. The van der Waals surface area contributed by atoms with Crippen LogP contribution in [0.2, 0.25) is 0 Å². The highest BCUT2D eigenvalue weighted by Gasteiger charge is 2.55. The van der Waals surface area contributed by atoms with Crippen LogP contribution in [0.1, 0.15) is 12.8 Å². The molecule has 24 nitrogen and oxygen atoms in total. The van der Waals surface area contributed by atoms with Crippen LogP contribution in [0, 0.1) is 0 Å². The van der Waals surface area contributed by atoms with Crippen LogP contribution in [-0.4, -0.2) is 220 Å². The third kappa shape index (κ3) is 10.2. The largest absolute Gasteiger partial charge is 0.394 e. The van der Waals surface area contributed by atoms with Crippen LogP contribution in [0.4, 0.5) is 0 Å². The van der Waals surface area contributed by atoms with Crippen LogP contribution in [0.5, 0.6) is 0 Å². The van der Waals surface area contributed by atoms with Crippen molar-refractivity contribution in [3.63, 3.8) is 0 Å². The molecular weight excluding hydrogens is 728 g/mol. The van der Waals surface area contributed by atoms with Gasteiger partial charge in [-0.05, 0) is 25.9 Å². The van der Waals surface area contributed by atoms with Gasteiger partial charge in [0.25, 0.3) is 5.91 Å². The summed E-state index contributed by atoms with van der Waals surface area (Å²) < 4.78 is 35.4. The van der Waals surface area contributed by atoms with Gasteiger partial charge < -0.3 is 119 Å². The molecule has 4 rings (SSSR count). The Hall–Kier alpha value is -1.41. The number of aliphatic hydroxyl groups excluding tert-OH is 9. The number of nitrogens with two attached hydrogens (primary N) is 6. The van der Waals surface area contributed by atoms with Gasteiger partial charge in [0.05, 0.1) is 24.7 Å². The predicted molar refractivity (Wildman–Crippen MR) is 181 cm³/mol. The minimum absolute atomic E-state index is 0.0671. The molecule has 0 spiro atoms. The Bertz CT molecular complexity index is 1160. The smallest absolute Gasteiger partial charge is 0.251 e. The highest BCUT2D eigenvalue weighted by Crippen LogP contribution is 2.34. The molecule has 0 unspecified atom stereocenters. The lowest BCUT2D eigenvalue weighted by Gasteiger charge is -2.48. The molecule has 1 aliphatic carbocycles. The van der Waals surface area contributed by atoms with Gasteiger partial charge in [-0.3, -0.25) is 4.79 Å². The molecule has 0 aromatic heterocycles. The van der Waals surface area contributed by atoms with Crippen LogP contribution in [0.15, 0.2) is 0 Å². The maximum atomic E-state index is 12.8. The lowest BCUT2D eigenvalue weighted by atomic mass is 9.83. The SMILES string of the molecule is NCCCNC[C@H]1O[C@H](O[C@H]2[C@H](O[C@@H]3O[C@H](CO)[C@@H](O[C@H]4O[C@@H](CN)[C@@H](O)[C@H](O)[C@H]4N)[C@H]3O)[C@@H](O)[C@H](NC(=O)[C@@H](O)[C@@H](O)CN)C[C@@H]2N)[C@H](N)[C@@H](O)[C@@H]1O. The van der Waals surface area contributed by atoms with Crippen LogP contribution in [-0.2, 0) is 33.2 Å². The topological polar surface area (TPSA) is 435 Å². The molecule has 24 heteroatoms. The van der Waals surface area contributed by atoms with Crippen molar-refractivity contribution < 1.29 is 79.2 Å². The fourth-order valence-corrected chi connectivity index (χ4v) is 6.87. The zero-order valence-corrected chi connectivity index (χ0v) is 29.6. The Morgan fingerprint density at radius 1 is 0.722 bits per heavy atom. The maximum absolute atomic E-state index is 12.8. The van der Waals surface area contributed by atoms with Gasteiger partial charge in [0.1, 0.15) is 79.4 Å². The van der Waals surface area contributed by atoms with Gasteiger partial charge in [0, 0.05) is 25.7 Å². The molecule has 316 valence electrons. The number of ether oxygens (including phenoxy) is 6. The lowest BCUT2D eigenvalue weighted by molar-refractivity contribution is -0.308. The van der Waals surface area contributed by atoms with E-state index in [-0.39, 0.29) is 19.5 Å². The van der Waals surface area contributed by atoms with Crippen molar-refractivity contribution in [3.05, 3.63) is 0 Å². The average molecular weight is 789 g/mol. The highest BCUT2D eigenvalue weighted by molar-refractivity contribution is 5.81. The number of hydrogen-bond donors (Lipinski definition) is 17. The van der Waals surface area contributed by atoms with Crippen molar-refractivity contribution >= 4 is 5.91 Å². The minimum atomic E-state index is -1.97. The van der Waals surface area contributed by atoms with Crippen molar-refractivity contribution in [3.8, 4) is 0 Å². The number of carbonyl (C=O) groups excluding carboxylic acids is 1. The monoisotopic (exact) mass is 788 g/mol. The molecule has 1 saturated carbocycles. The molecule has 0 aromatic carbocycles. The summed E-state index contributed by atoms with van der Waals surface area (Å²) in [5.74, 6) is -1.10. The molecule has 23 N–H and O–H groups in total. The molecule has 3 saturated heterocycles. The van der Waals surface area contributed by atoms with Gasteiger partial charge in [-0.25, -0.2) is 0 Å². The van der Waals surface area contributed by atoms with Crippen LogP contribution >= 0.6 is 0 Å². The number of nitrogens with one attached hydrogen (secondary N) is 2. The second-order valence-electron chi connectivity index (χ2n) is 14.1. The van der Waals surface area contributed by atoms with Gasteiger partial charge in [0.15, 0.2) is 25.0 Å². The Balaban J connectivity index is 1.57. The van der Waals surface area contributed by atoms with Crippen molar-refractivity contribution in [1.29, 1.82) is 0 Å². The van der Waals surface area contributed by atoms with Crippen molar-refractivity contribution in [2.75, 3.05) is 39.3 Å². The van der Waals surface area contributed by atoms with E-state index in [4.69, 9.17) is 62.8 Å². The molecule has 21 atom stereocenters. The summed E-state index contributed by atoms with van der Waals surface area (Å²) in [5, 5.41) is 101. The van der Waals surface area contributed by atoms with Gasteiger partial charge in [-0.1, -0.05) is 0 Å². The van der Waals surface area contributed by atoms with Crippen LogP contribution in [0.3, 0.4) is 0 Å². The van der Waals surface area contributed by atoms with E-state index in [1.54, 1.807) is 0 Å². The summed E-state index contributed by atoms with van der Waals surface area (Å²) in [6.45, 7) is -0.461. The Morgan fingerprint density at radius 2 is 1.28 bits per heavy atom. The number of aliphatic hydroxyl groups is 9. The number of amides is 1. The second-order valence-corrected chi connectivity index (χ2v) is 14.1. The quantitative estimate of drug-likeness (QED) is 0.0608. The molecule has 3 aliphatic heterocycles. The number of rotatable bonds is 17. The number of hydrogen-bond acceptors (Lipinski definition) is 23. The second kappa shape index (κ2) is 20.3. The fraction of sp³-hybridized carbons (Fsp3) is 0.967. The van der Waals surface area contributed by atoms with E-state index >= 15 is 0 Å². The molecule has 54 heavy (non-hydrogen) atoms. The summed E-state index contributed by atoms with van der Waals surface area (Å²) in [5.41, 5.74) is 35.3. The fourth-order valence-electron chi connectivity index (χ4n) is 6.87. The first-order valence-electron chi connectivity index (χ1n) is 18.0. The summed E-state index contributed by atoms with van der Waals surface area (Å²) in [7, 11) is 0. The van der Waals surface area contributed by atoms with E-state index in [9.17, 15) is 50.8 Å². The predicted octanol–water partition coefficient (Wildman–Crippen LogP) is -11.1. The van der Waals surface area contributed by atoms with E-state index in [2.05, 4.69) is 10.6 Å². The van der Waals surface area contributed by atoms with Gasteiger partial charge >= 0.3 is 0 Å². The molecular formula is C30H60N8O16. The van der Waals surface area contributed by atoms with E-state index in [0.717, 1.165) is 0 Å². The molecule has 3 heterocycles. The molecule has 1 amide bonds.